The van der Waals surface area contributed by atoms with Gasteiger partial charge in [-0.3, -0.25) is 0 Å². The van der Waals surface area contributed by atoms with Crippen LogP contribution in [0.25, 0.3) is 0 Å². The summed E-state index contributed by atoms with van der Waals surface area (Å²) in [4.78, 5) is 4.73. The molecule has 3 rings (SSSR count). The van der Waals surface area contributed by atoms with Crippen LogP contribution >= 0.6 is 0 Å². The number of piperidine rings is 1. The van der Waals surface area contributed by atoms with Crippen LogP contribution in [-0.4, -0.2) is 30.3 Å². The van der Waals surface area contributed by atoms with Crippen LogP contribution in [0.4, 0.5) is 0 Å². The van der Waals surface area contributed by atoms with Crippen molar-refractivity contribution in [3.63, 3.8) is 0 Å². The molecule has 1 unspecified atom stereocenters. The summed E-state index contributed by atoms with van der Waals surface area (Å²) in [6, 6.07) is 0. The lowest BCUT2D eigenvalue weighted by atomic mass is 9.75. The van der Waals surface area contributed by atoms with Gasteiger partial charge < -0.3 is 14.6 Å². The van der Waals surface area contributed by atoms with E-state index in [2.05, 4.69) is 17.4 Å². The molecule has 2 aliphatic rings. The first kappa shape index (κ1) is 14.0. The molecule has 1 aliphatic heterocycles. The Morgan fingerprint density at radius 3 is 2.75 bits per heavy atom. The minimum atomic E-state index is 0.0212. The number of nitrogens with one attached hydrogen (secondary N) is 1. The maximum absolute atomic E-state index is 5.65. The van der Waals surface area contributed by atoms with Crippen LogP contribution in [0.3, 0.4) is 0 Å². The zero-order valence-corrected chi connectivity index (χ0v) is 12.5. The molecule has 1 saturated carbocycles. The van der Waals surface area contributed by atoms with E-state index in [0.717, 1.165) is 50.5 Å². The predicted octanol–water partition coefficient (Wildman–Crippen LogP) is 2.59. The fourth-order valence-electron chi connectivity index (χ4n) is 3.43. The van der Waals surface area contributed by atoms with Crippen LogP contribution in [0.1, 0.15) is 63.3 Å². The number of ether oxygens (including phenoxy) is 1. The van der Waals surface area contributed by atoms with Crippen LogP contribution < -0.4 is 5.32 Å². The topological polar surface area (TPSA) is 60.2 Å². The molecule has 5 heteroatoms. The second kappa shape index (κ2) is 5.82. The third kappa shape index (κ3) is 2.61. The molecule has 1 saturated heterocycles. The highest BCUT2D eigenvalue weighted by Crippen LogP contribution is 2.43. The van der Waals surface area contributed by atoms with Crippen LogP contribution in [-0.2, 0) is 10.2 Å². The van der Waals surface area contributed by atoms with Crippen molar-refractivity contribution < 1.29 is 9.26 Å². The summed E-state index contributed by atoms with van der Waals surface area (Å²) < 4.78 is 11.2. The van der Waals surface area contributed by atoms with Gasteiger partial charge in [0.2, 0.25) is 11.7 Å². The van der Waals surface area contributed by atoms with E-state index >= 15 is 0 Å². The molecule has 0 aromatic carbocycles. The second-order valence-corrected chi connectivity index (χ2v) is 6.23. The molecular formula is C15H25N3O2. The maximum Gasteiger partial charge on any atom is 0.233 e. The third-order valence-corrected chi connectivity index (χ3v) is 4.74. The Bertz CT molecular complexity index is 431. The van der Waals surface area contributed by atoms with Crippen LogP contribution in [0.5, 0.6) is 0 Å². The molecule has 1 aromatic rings. The molecule has 1 N–H and O–H groups in total. The van der Waals surface area contributed by atoms with Gasteiger partial charge in [-0.2, -0.15) is 4.98 Å². The first-order valence-corrected chi connectivity index (χ1v) is 7.86. The Morgan fingerprint density at radius 1 is 1.40 bits per heavy atom. The van der Waals surface area contributed by atoms with E-state index in [-0.39, 0.29) is 11.5 Å². The normalized spacial score (nSPS) is 23.7. The minimum absolute atomic E-state index is 0.0212. The number of nitrogens with zero attached hydrogens (tertiary/aromatic N) is 2. The van der Waals surface area contributed by atoms with Gasteiger partial charge in [0, 0.05) is 7.11 Å². The number of methoxy groups -OCH3 is 1. The monoisotopic (exact) mass is 279 g/mol. The van der Waals surface area contributed by atoms with Crippen LogP contribution in [0, 0.1) is 5.92 Å². The van der Waals surface area contributed by atoms with Gasteiger partial charge in [0.15, 0.2) is 0 Å². The highest BCUT2D eigenvalue weighted by molar-refractivity contribution is 5.09. The van der Waals surface area contributed by atoms with Crippen molar-refractivity contribution >= 4 is 0 Å². The third-order valence-electron chi connectivity index (χ3n) is 4.74. The fourth-order valence-corrected chi connectivity index (χ4v) is 3.43. The lowest BCUT2D eigenvalue weighted by Crippen LogP contribution is -2.40. The highest BCUT2D eigenvalue weighted by atomic mass is 16.5. The average Bonchev–Trinajstić information content (AvgIpc) is 3.17. The van der Waals surface area contributed by atoms with Crippen LogP contribution in [0.15, 0.2) is 4.52 Å². The van der Waals surface area contributed by atoms with Gasteiger partial charge in [-0.15, -0.1) is 0 Å². The van der Waals surface area contributed by atoms with Gasteiger partial charge in [0.05, 0.1) is 5.41 Å². The van der Waals surface area contributed by atoms with Crippen molar-refractivity contribution in [3.05, 3.63) is 11.7 Å². The molecule has 0 amide bonds. The fraction of sp³-hybridized carbons (Fsp3) is 0.867. The van der Waals surface area contributed by atoms with E-state index < -0.39 is 0 Å². The summed E-state index contributed by atoms with van der Waals surface area (Å²) in [6.07, 6.45) is 6.89. The zero-order valence-electron chi connectivity index (χ0n) is 12.5. The lowest BCUT2D eigenvalue weighted by molar-refractivity contribution is 0.0751. The quantitative estimate of drug-likeness (QED) is 0.867. The van der Waals surface area contributed by atoms with Crippen molar-refractivity contribution in [2.45, 2.75) is 57.0 Å². The van der Waals surface area contributed by atoms with Gasteiger partial charge in [0.1, 0.15) is 6.10 Å². The van der Waals surface area contributed by atoms with E-state index in [1.807, 2.05) is 0 Å². The van der Waals surface area contributed by atoms with E-state index in [1.165, 1.54) is 12.8 Å². The zero-order chi connectivity index (χ0) is 14.0. The highest BCUT2D eigenvalue weighted by Gasteiger charge is 2.41. The summed E-state index contributed by atoms with van der Waals surface area (Å²) in [6.45, 7) is 4.30. The largest absolute Gasteiger partial charge is 0.373 e. The number of aromatic nitrogens is 2. The van der Waals surface area contributed by atoms with Crippen molar-refractivity contribution in [2.24, 2.45) is 5.92 Å². The first-order valence-electron chi connectivity index (χ1n) is 7.86. The Morgan fingerprint density at radius 2 is 2.15 bits per heavy atom. The van der Waals surface area contributed by atoms with Crippen molar-refractivity contribution in [1.29, 1.82) is 0 Å². The van der Waals surface area contributed by atoms with E-state index in [0.29, 0.717) is 5.92 Å². The van der Waals surface area contributed by atoms with Crippen molar-refractivity contribution in [2.75, 3.05) is 20.2 Å². The van der Waals surface area contributed by atoms with Gasteiger partial charge in [-0.05, 0) is 51.1 Å². The molecule has 1 aromatic heterocycles. The Hall–Kier alpha value is -0.940. The summed E-state index contributed by atoms with van der Waals surface area (Å²) in [7, 11) is 1.74. The molecule has 1 atom stereocenters. The minimum Gasteiger partial charge on any atom is -0.373 e. The molecule has 0 spiro atoms. The molecule has 5 nitrogen and oxygen atoms in total. The van der Waals surface area contributed by atoms with E-state index in [1.54, 1.807) is 7.11 Å². The van der Waals surface area contributed by atoms with Crippen molar-refractivity contribution in [1.82, 2.24) is 15.5 Å². The van der Waals surface area contributed by atoms with Gasteiger partial charge in [-0.1, -0.05) is 18.5 Å². The van der Waals surface area contributed by atoms with E-state index in [9.17, 15) is 0 Å². The molecule has 20 heavy (non-hydrogen) atoms. The lowest BCUT2D eigenvalue weighted by Gasteiger charge is -2.34. The summed E-state index contributed by atoms with van der Waals surface area (Å²) >= 11 is 0. The second-order valence-electron chi connectivity index (χ2n) is 6.23. The molecule has 112 valence electrons. The molecule has 1 aliphatic carbocycles. The molecule has 2 heterocycles. The molecular weight excluding hydrogens is 254 g/mol. The molecule has 0 bridgehead atoms. The van der Waals surface area contributed by atoms with Crippen LogP contribution in [0.2, 0.25) is 0 Å². The number of hydrogen-bond donors (Lipinski definition) is 1. The average molecular weight is 279 g/mol. The molecule has 2 fully saturated rings. The van der Waals surface area contributed by atoms with Gasteiger partial charge in [-0.25, -0.2) is 0 Å². The summed E-state index contributed by atoms with van der Waals surface area (Å²) in [5.41, 5.74) is 0.0765. The van der Waals surface area contributed by atoms with Gasteiger partial charge in [0.25, 0.3) is 0 Å². The van der Waals surface area contributed by atoms with Crippen molar-refractivity contribution in [3.8, 4) is 0 Å². The molecule has 0 radical (unpaired) electrons. The Labute approximate surface area is 120 Å². The number of hydrogen-bond acceptors (Lipinski definition) is 5. The smallest absolute Gasteiger partial charge is 0.233 e. The van der Waals surface area contributed by atoms with Gasteiger partial charge >= 0.3 is 0 Å². The SMILES string of the molecule is CCCC1(c2nc(C(OC)C3CC3)no2)CCNCC1. The summed E-state index contributed by atoms with van der Waals surface area (Å²) in [5.74, 6) is 2.16. The summed E-state index contributed by atoms with van der Waals surface area (Å²) in [5, 5.41) is 7.64. The van der Waals surface area contributed by atoms with E-state index in [4.69, 9.17) is 14.2 Å². The maximum atomic E-state index is 5.65. The first-order chi connectivity index (χ1) is 9.79. The number of rotatable bonds is 6. The standard InChI is InChI=1S/C15H25N3O2/c1-3-6-15(7-9-16-10-8-15)14-17-13(18-20-14)12(19-2)11-4-5-11/h11-12,16H,3-10H2,1-2H3. The predicted molar refractivity (Wildman–Crippen MR) is 75.5 cm³/mol. The Balaban J connectivity index is 1.82. The Kier molecular flexibility index (Phi) is 4.08.